The summed E-state index contributed by atoms with van der Waals surface area (Å²) in [7, 11) is 0. The number of hydrogen-bond donors (Lipinski definition) is 1. The predicted octanol–water partition coefficient (Wildman–Crippen LogP) is 2.25. The molecule has 7 nitrogen and oxygen atoms in total. The molecule has 8 heteroatoms. The van der Waals surface area contributed by atoms with Crippen molar-refractivity contribution in [2.45, 2.75) is 32.2 Å². The number of carboxylic acids is 1. The molecule has 1 aliphatic rings. The first-order valence-electron chi connectivity index (χ1n) is 8.09. The average molecular weight is 361 g/mol. The summed E-state index contributed by atoms with van der Waals surface area (Å²) in [6, 6.07) is 5.21. The van der Waals surface area contributed by atoms with E-state index in [9.17, 15) is 14.4 Å². The Bertz CT molecular complexity index is 810. The summed E-state index contributed by atoms with van der Waals surface area (Å²) in [5, 5.41) is 13.2. The summed E-state index contributed by atoms with van der Waals surface area (Å²) < 4.78 is 1.40. The van der Waals surface area contributed by atoms with Crippen LogP contribution in [0.1, 0.15) is 50.7 Å². The Morgan fingerprint density at radius 2 is 2.04 bits per heavy atom. The number of nitrogens with zero attached hydrogens (tertiary/aromatic N) is 3. The van der Waals surface area contributed by atoms with Gasteiger partial charge < -0.3 is 10.0 Å². The van der Waals surface area contributed by atoms with Crippen molar-refractivity contribution >= 4 is 29.0 Å². The number of carbonyl (C=O) groups is 3. The molecule has 1 N–H and O–H groups in total. The number of carbonyl (C=O) groups excluding carboxylic acids is 2. The Morgan fingerprint density at radius 1 is 1.28 bits per heavy atom. The van der Waals surface area contributed by atoms with Crippen molar-refractivity contribution in [3.63, 3.8) is 0 Å². The van der Waals surface area contributed by atoms with Gasteiger partial charge in [-0.15, -0.1) is 11.3 Å². The number of aliphatic carboxylic acids is 1. The van der Waals surface area contributed by atoms with Crippen LogP contribution in [0.25, 0.3) is 0 Å². The van der Waals surface area contributed by atoms with Crippen LogP contribution < -0.4 is 0 Å². The molecular formula is C17H19N3O4S. The number of thiophene rings is 1. The molecule has 132 valence electrons. The van der Waals surface area contributed by atoms with Gasteiger partial charge in [0.05, 0.1) is 15.4 Å². The molecule has 3 rings (SSSR count). The monoisotopic (exact) mass is 361 g/mol. The zero-order valence-corrected chi connectivity index (χ0v) is 14.7. The number of rotatable bonds is 5. The number of amides is 1. The van der Waals surface area contributed by atoms with Gasteiger partial charge in [0.1, 0.15) is 6.54 Å². The third-order valence-corrected chi connectivity index (χ3v) is 5.42. The highest BCUT2D eigenvalue weighted by Gasteiger charge is 2.27. The molecule has 2 aromatic heterocycles. The van der Waals surface area contributed by atoms with Crippen molar-refractivity contribution < 1.29 is 19.5 Å². The lowest BCUT2D eigenvalue weighted by Gasteiger charge is -2.31. The van der Waals surface area contributed by atoms with Crippen LogP contribution in [-0.2, 0) is 11.3 Å². The largest absolute Gasteiger partial charge is 0.480 e. The zero-order chi connectivity index (χ0) is 18.0. The fourth-order valence-corrected chi connectivity index (χ4v) is 3.89. The van der Waals surface area contributed by atoms with Gasteiger partial charge in [0.25, 0.3) is 5.91 Å². The third-order valence-electron chi connectivity index (χ3n) is 4.25. The first-order chi connectivity index (χ1) is 11.9. The highest BCUT2D eigenvalue weighted by atomic mass is 32.1. The number of likely N-dealkylation sites (tertiary alicyclic amines) is 1. The number of hydrogen-bond acceptors (Lipinski definition) is 5. The molecule has 2 aromatic rings. The number of Topliss-reactive ketones (excluding diaryl/α,β-unsaturated/α-hetero) is 1. The Morgan fingerprint density at radius 3 is 2.72 bits per heavy atom. The predicted molar refractivity (Wildman–Crippen MR) is 92.1 cm³/mol. The van der Waals surface area contributed by atoms with E-state index in [0.717, 1.165) is 18.5 Å². The normalized spacial score (nSPS) is 17.5. The lowest BCUT2D eigenvalue weighted by atomic mass is 9.95. The fraction of sp³-hybridized carbons (Fsp3) is 0.412. The van der Waals surface area contributed by atoms with Gasteiger partial charge in [0.2, 0.25) is 0 Å². The third kappa shape index (κ3) is 3.96. The van der Waals surface area contributed by atoms with E-state index >= 15 is 0 Å². The standard InChI is InChI=1S/C17H19N3O4S/c1-11(21)14-4-5-15(25-14)17(24)19-7-2-3-12(9-19)13-6-8-20(18-13)10-16(22)23/h4-6,8,12H,2-3,7,9-10H2,1H3,(H,22,23)/t12-/m1/s1. The average Bonchev–Trinajstić information content (AvgIpc) is 3.23. The molecule has 0 bridgehead atoms. The second kappa shape index (κ2) is 7.18. The van der Waals surface area contributed by atoms with Crippen LogP contribution in [0, 0.1) is 0 Å². The lowest BCUT2D eigenvalue weighted by molar-refractivity contribution is -0.137. The van der Waals surface area contributed by atoms with E-state index in [1.165, 1.54) is 22.9 Å². The molecule has 0 spiro atoms. The van der Waals surface area contributed by atoms with Crippen molar-refractivity contribution in [2.24, 2.45) is 0 Å². The van der Waals surface area contributed by atoms with Crippen LogP contribution in [0.5, 0.6) is 0 Å². The van der Waals surface area contributed by atoms with E-state index in [4.69, 9.17) is 5.11 Å². The minimum atomic E-state index is -0.936. The summed E-state index contributed by atoms with van der Waals surface area (Å²) in [6.07, 6.45) is 3.44. The molecule has 3 heterocycles. The quantitative estimate of drug-likeness (QED) is 0.825. The smallest absolute Gasteiger partial charge is 0.325 e. The fourth-order valence-electron chi connectivity index (χ4n) is 3.02. The minimum absolute atomic E-state index is 0.0375. The van der Waals surface area contributed by atoms with Crippen molar-refractivity contribution in [3.05, 3.63) is 39.8 Å². The molecule has 1 amide bonds. The Hall–Kier alpha value is -2.48. The molecule has 1 fully saturated rings. The molecule has 0 saturated carbocycles. The van der Waals surface area contributed by atoms with Gasteiger partial charge in [-0.3, -0.25) is 19.1 Å². The maximum absolute atomic E-state index is 12.7. The molecule has 1 atom stereocenters. The number of carboxylic acid groups (broad SMARTS) is 1. The highest BCUT2D eigenvalue weighted by Crippen LogP contribution is 2.28. The van der Waals surface area contributed by atoms with Gasteiger partial charge in [-0.25, -0.2) is 0 Å². The van der Waals surface area contributed by atoms with Crippen molar-refractivity contribution in [3.8, 4) is 0 Å². The molecule has 0 aromatic carbocycles. The molecule has 1 aliphatic heterocycles. The van der Waals surface area contributed by atoms with Gasteiger partial charge >= 0.3 is 5.97 Å². The Balaban J connectivity index is 1.69. The van der Waals surface area contributed by atoms with Crippen LogP contribution in [0.2, 0.25) is 0 Å². The van der Waals surface area contributed by atoms with E-state index in [2.05, 4.69) is 5.10 Å². The Kier molecular flexibility index (Phi) is 4.98. The second-order valence-electron chi connectivity index (χ2n) is 6.14. The lowest BCUT2D eigenvalue weighted by Crippen LogP contribution is -2.38. The van der Waals surface area contributed by atoms with Crippen LogP contribution in [0.4, 0.5) is 0 Å². The van der Waals surface area contributed by atoms with Crippen molar-refractivity contribution in [1.29, 1.82) is 0 Å². The summed E-state index contributed by atoms with van der Waals surface area (Å²) in [6.45, 7) is 2.55. The van der Waals surface area contributed by atoms with Crippen LogP contribution in [0.15, 0.2) is 24.4 Å². The van der Waals surface area contributed by atoms with Crippen LogP contribution >= 0.6 is 11.3 Å². The van der Waals surface area contributed by atoms with E-state index in [1.807, 2.05) is 6.07 Å². The number of aromatic nitrogens is 2. The van der Waals surface area contributed by atoms with Gasteiger partial charge in [-0.2, -0.15) is 5.10 Å². The summed E-state index contributed by atoms with van der Waals surface area (Å²) >= 11 is 1.22. The SMILES string of the molecule is CC(=O)c1ccc(C(=O)N2CCC[C@@H](c3ccn(CC(=O)O)n3)C2)s1. The van der Waals surface area contributed by atoms with Crippen LogP contribution in [0.3, 0.4) is 0 Å². The van der Waals surface area contributed by atoms with E-state index < -0.39 is 5.97 Å². The summed E-state index contributed by atoms with van der Waals surface area (Å²) in [5.74, 6) is -0.939. The molecule has 25 heavy (non-hydrogen) atoms. The van der Waals surface area contributed by atoms with Gasteiger partial charge in [0.15, 0.2) is 5.78 Å². The molecule has 1 saturated heterocycles. The zero-order valence-electron chi connectivity index (χ0n) is 13.8. The topological polar surface area (TPSA) is 92.5 Å². The van der Waals surface area contributed by atoms with E-state index in [0.29, 0.717) is 22.8 Å². The van der Waals surface area contributed by atoms with Crippen molar-refractivity contribution in [2.75, 3.05) is 13.1 Å². The summed E-state index contributed by atoms with van der Waals surface area (Å²) in [5.41, 5.74) is 0.814. The number of ketones is 1. The Labute approximate surface area is 148 Å². The van der Waals surface area contributed by atoms with Crippen molar-refractivity contribution in [1.82, 2.24) is 14.7 Å². The maximum Gasteiger partial charge on any atom is 0.325 e. The molecule has 0 radical (unpaired) electrons. The first kappa shape index (κ1) is 17.3. The minimum Gasteiger partial charge on any atom is -0.480 e. The summed E-state index contributed by atoms with van der Waals surface area (Å²) in [4.78, 5) is 37.8. The van der Waals surface area contributed by atoms with Gasteiger partial charge in [-0.1, -0.05) is 0 Å². The molecule has 0 unspecified atom stereocenters. The maximum atomic E-state index is 12.7. The first-order valence-corrected chi connectivity index (χ1v) is 8.91. The van der Waals surface area contributed by atoms with Gasteiger partial charge in [-0.05, 0) is 38.0 Å². The second-order valence-corrected chi connectivity index (χ2v) is 7.23. The van der Waals surface area contributed by atoms with E-state index in [-0.39, 0.29) is 24.2 Å². The molecule has 0 aliphatic carbocycles. The van der Waals surface area contributed by atoms with Crippen LogP contribution in [-0.4, -0.2) is 50.5 Å². The van der Waals surface area contributed by atoms with E-state index in [1.54, 1.807) is 23.2 Å². The molecular weight excluding hydrogens is 342 g/mol. The number of piperidine rings is 1. The highest BCUT2D eigenvalue weighted by molar-refractivity contribution is 7.15. The van der Waals surface area contributed by atoms with Gasteiger partial charge in [0, 0.05) is 25.2 Å².